The summed E-state index contributed by atoms with van der Waals surface area (Å²) < 4.78 is 33.8. The average molecular weight is 514 g/mol. The van der Waals surface area contributed by atoms with Crippen LogP contribution in [0.25, 0.3) is 0 Å². The van der Waals surface area contributed by atoms with E-state index in [4.69, 9.17) is 10.5 Å². The predicted octanol–water partition coefficient (Wildman–Crippen LogP) is 0.987. The first-order chi connectivity index (χ1) is 16.2. The minimum Gasteiger partial charge on any atom is -0.383 e. The summed E-state index contributed by atoms with van der Waals surface area (Å²) in [4.78, 5) is 42.2. The van der Waals surface area contributed by atoms with Gasteiger partial charge in [-0.15, -0.1) is 11.3 Å². The van der Waals surface area contributed by atoms with Gasteiger partial charge < -0.3 is 15.4 Å². The molecule has 0 aliphatic carbocycles. The minimum atomic E-state index is -3.66. The van der Waals surface area contributed by atoms with Gasteiger partial charge in [0.2, 0.25) is 5.91 Å². The summed E-state index contributed by atoms with van der Waals surface area (Å²) in [6, 6.07) is 3.11. The van der Waals surface area contributed by atoms with Gasteiger partial charge in [0.15, 0.2) is 5.69 Å². The maximum absolute atomic E-state index is 13.3. The molecule has 2 aromatic heterocycles. The van der Waals surface area contributed by atoms with Crippen molar-refractivity contribution < 1.29 is 17.9 Å². The maximum Gasteiger partial charge on any atom is 0.330 e. The lowest BCUT2D eigenvalue weighted by molar-refractivity contribution is -0.118. The van der Waals surface area contributed by atoms with Crippen molar-refractivity contribution in [2.45, 2.75) is 50.3 Å². The fourth-order valence-electron chi connectivity index (χ4n) is 3.71. The summed E-state index contributed by atoms with van der Waals surface area (Å²) in [5.41, 5.74) is 4.78. The van der Waals surface area contributed by atoms with E-state index in [0.717, 1.165) is 17.8 Å². The van der Waals surface area contributed by atoms with Gasteiger partial charge in [0.05, 0.1) is 19.6 Å². The molecule has 188 valence electrons. The Balaban J connectivity index is 1.89. The third-order valence-electron chi connectivity index (χ3n) is 5.49. The Bertz CT molecular complexity index is 1230. The second kappa shape index (κ2) is 11.3. The maximum atomic E-state index is 13.3. The molecule has 0 radical (unpaired) electrons. The number of sulfonamides is 1. The first-order valence-electron chi connectivity index (χ1n) is 11.3. The Hall–Kier alpha value is -2.48. The van der Waals surface area contributed by atoms with Crippen LogP contribution in [-0.4, -0.2) is 61.0 Å². The number of aromatic amines is 1. The summed E-state index contributed by atoms with van der Waals surface area (Å²) in [7, 11) is -3.66. The molecule has 1 saturated heterocycles. The van der Waals surface area contributed by atoms with Crippen LogP contribution in [0.4, 0.5) is 11.5 Å². The molecule has 3 heterocycles. The lowest BCUT2D eigenvalue weighted by Crippen LogP contribution is -2.42. The standard InChI is InChI=1S/C21H31N5O6S2/c1-3-5-9-25(18-19(22)26(8-4-2)21(29)23-20(18)28)16(27)14-15-6-7-17(33-15)34(30,31)24-10-12-32-13-11-24/h6-7H,3-5,8-14,22H2,1-2H3,(H,23,28,29). The molecular weight excluding hydrogens is 482 g/mol. The Morgan fingerprint density at radius 2 is 1.91 bits per heavy atom. The molecule has 3 N–H and O–H groups in total. The Kier molecular flexibility index (Phi) is 8.68. The molecule has 13 heteroatoms. The number of nitrogens with two attached hydrogens (primary N) is 1. The molecule has 11 nitrogen and oxygen atoms in total. The van der Waals surface area contributed by atoms with Crippen LogP contribution in [0, 0.1) is 0 Å². The van der Waals surface area contributed by atoms with Crippen molar-refractivity contribution in [3.63, 3.8) is 0 Å². The number of H-pyrrole nitrogens is 1. The van der Waals surface area contributed by atoms with E-state index >= 15 is 0 Å². The van der Waals surface area contributed by atoms with E-state index in [-0.39, 0.29) is 41.8 Å². The predicted molar refractivity (Wildman–Crippen MR) is 131 cm³/mol. The summed E-state index contributed by atoms with van der Waals surface area (Å²) in [5.74, 6) is -0.452. The molecule has 0 aromatic carbocycles. The van der Waals surface area contributed by atoms with Crippen LogP contribution in [0.2, 0.25) is 0 Å². The van der Waals surface area contributed by atoms with E-state index in [1.807, 2.05) is 13.8 Å². The lowest BCUT2D eigenvalue weighted by atomic mass is 10.2. The molecule has 0 spiro atoms. The molecule has 0 bridgehead atoms. The van der Waals surface area contributed by atoms with Crippen molar-refractivity contribution >= 4 is 38.8 Å². The van der Waals surface area contributed by atoms with Crippen molar-refractivity contribution in [3.05, 3.63) is 37.8 Å². The number of hydrogen-bond donors (Lipinski definition) is 2. The molecule has 1 amide bonds. The van der Waals surface area contributed by atoms with Crippen molar-refractivity contribution in [2.24, 2.45) is 0 Å². The zero-order valence-corrected chi connectivity index (χ0v) is 21.0. The van der Waals surface area contributed by atoms with Crippen LogP contribution in [0.3, 0.4) is 0 Å². The van der Waals surface area contributed by atoms with Crippen LogP contribution >= 0.6 is 11.3 Å². The van der Waals surface area contributed by atoms with Crippen LogP contribution in [0.15, 0.2) is 25.9 Å². The van der Waals surface area contributed by atoms with Crippen molar-refractivity contribution in [2.75, 3.05) is 43.5 Å². The van der Waals surface area contributed by atoms with Gasteiger partial charge in [0.25, 0.3) is 15.6 Å². The molecule has 0 saturated carbocycles. The highest BCUT2D eigenvalue weighted by atomic mass is 32.2. The van der Waals surface area contributed by atoms with Gasteiger partial charge in [0, 0.05) is 31.1 Å². The van der Waals surface area contributed by atoms with Crippen LogP contribution in [0.5, 0.6) is 0 Å². The SMILES string of the molecule is CCCCN(C(=O)Cc1ccc(S(=O)(=O)N2CCOCC2)s1)c1c(N)n(CCC)c(=O)[nH]c1=O. The van der Waals surface area contributed by atoms with E-state index in [0.29, 0.717) is 37.5 Å². The van der Waals surface area contributed by atoms with Crippen molar-refractivity contribution in [3.8, 4) is 0 Å². The van der Waals surface area contributed by atoms with Crippen LogP contribution in [-0.2, 0) is 32.5 Å². The highest BCUT2D eigenvalue weighted by Crippen LogP contribution is 2.27. The minimum absolute atomic E-state index is 0.0517. The highest BCUT2D eigenvalue weighted by molar-refractivity contribution is 7.91. The number of nitrogen functional groups attached to an aromatic ring is 1. The monoisotopic (exact) mass is 513 g/mol. The Morgan fingerprint density at radius 1 is 1.21 bits per heavy atom. The van der Waals surface area contributed by atoms with Crippen molar-refractivity contribution in [1.29, 1.82) is 0 Å². The van der Waals surface area contributed by atoms with Crippen molar-refractivity contribution in [1.82, 2.24) is 13.9 Å². The smallest absolute Gasteiger partial charge is 0.330 e. The van der Waals surface area contributed by atoms with E-state index < -0.39 is 27.2 Å². The van der Waals surface area contributed by atoms with Gasteiger partial charge in [-0.25, -0.2) is 13.2 Å². The van der Waals surface area contributed by atoms with Gasteiger partial charge in [-0.05, 0) is 25.0 Å². The van der Waals surface area contributed by atoms with E-state index in [2.05, 4.69) is 4.98 Å². The number of ether oxygens (including phenoxy) is 1. The van der Waals surface area contributed by atoms with E-state index in [1.54, 1.807) is 6.07 Å². The van der Waals surface area contributed by atoms with Crippen LogP contribution in [0.1, 0.15) is 38.0 Å². The highest BCUT2D eigenvalue weighted by Gasteiger charge is 2.29. The number of morpholine rings is 1. The van der Waals surface area contributed by atoms with Gasteiger partial charge in [-0.3, -0.25) is 19.1 Å². The number of carbonyl (C=O) groups excluding carboxylic acids is 1. The first kappa shape index (κ1) is 26.1. The molecule has 34 heavy (non-hydrogen) atoms. The second-order valence-corrected chi connectivity index (χ2v) is 11.3. The molecule has 0 unspecified atom stereocenters. The number of nitrogens with zero attached hydrogens (tertiary/aromatic N) is 3. The third-order valence-corrected chi connectivity index (χ3v) is 8.95. The fourth-order valence-corrected chi connectivity index (χ4v) is 6.62. The number of nitrogens with one attached hydrogen (secondary N) is 1. The quantitative estimate of drug-likeness (QED) is 0.481. The third kappa shape index (κ3) is 5.59. The number of hydrogen-bond acceptors (Lipinski definition) is 8. The fraction of sp³-hybridized carbons (Fsp3) is 0.571. The zero-order valence-electron chi connectivity index (χ0n) is 19.4. The first-order valence-corrected chi connectivity index (χ1v) is 13.6. The topological polar surface area (TPSA) is 148 Å². The van der Waals surface area contributed by atoms with Gasteiger partial charge in [-0.1, -0.05) is 20.3 Å². The van der Waals surface area contributed by atoms with E-state index in [9.17, 15) is 22.8 Å². The average Bonchev–Trinajstić information content (AvgIpc) is 3.28. The number of unbranched alkanes of at least 4 members (excludes halogenated alkanes) is 1. The second-order valence-electron chi connectivity index (χ2n) is 7.96. The number of rotatable bonds is 10. The number of carbonyl (C=O) groups is 1. The molecule has 1 fully saturated rings. The summed E-state index contributed by atoms with van der Waals surface area (Å²) in [5, 5.41) is 0. The summed E-state index contributed by atoms with van der Waals surface area (Å²) >= 11 is 1.03. The molecular formula is C21H31N5O6S2. The van der Waals surface area contributed by atoms with Crippen LogP contribution < -0.4 is 21.9 Å². The summed E-state index contributed by atoms with van der Waals surface area (Å²) in [6.45, 7) is 5.64. The van der Waals surface area contributed by atoms with Gasteiger partial charge in [-0.2, -0.15) is 4.31 Å². The molecule has 3 rings (SSSR count). The van der Waals surface area contributed by atoms with E-state index in [1.165, 1.54) is 19.8 Å². The number of aromatic nitrogens is 2. The number of amides is 1. The Morgan fingerprint density at radius 3 is 2.56 bits per heavy atom. The van der Waals surface area contributed by atoms with Gasteiger partial charge in [0.1, 0.15) is 10.0 Å². The zero-order chi connectivity index (χ0) is 24.9. The normalized spacial score (nSPS) is 14.9. The number of thiophene rings is 1. The molecule has 1 aliphatic rings. The van der Waals surface area contributed by atoms with Gasteiger partial charge >= 0.3 is 5.69 Å². The molecule has 2 aromatic rings. The molecule has 0 atom stereocenters. The largest absolute Gasteiger partial charge is 0.383 e. The Labute approximate surface area is 202 Å². The summed E-state index contributed by atoms with van der Waals surface area (Å²) in [6.07, 6.45) is 1.92. The number of anilines is 2. The lowest BCUT2D eigenvalue weighted by Gasteiger charge is -2.25. The molecule has 1 aliphatic heterocycles.